The molecular weight excluding hydrogens is 373 g/mol. The van der Waals surface area contributed by atoms with Crippen LogP contribution in [0.5, 0.6) is 0 Å². The van der Waals surface area contributed by atoms with Crippen LogP contribution in [-0.2, 0) is 6.42 Å². The Morgan fingerprint density at radius 3 is 2.53 bits per heavy atom. The molecule has 2 aromatic rings. The van der Waals surface area contributed by atoms with E-state index >= 15 is 0 Å². The number of aryl methyl sites for hydroxylation is 1. The molecule has 0 saturated heterocycles. The summed E-state index contributed by atoms with van der Waals surface area (Å²) >= 11 is 8.16. The molecule has 1 aromatic carbocycles. The number of aromatic nitrogens is 2. The zero-order valence-corrected chi connectivity index (χ0v) is 13.8. The maximum Gasteiger partial charge on any atom is 0.143 e. The monoisotopic (exact) mass is 387 g/mol. The van der Waals surface area contributed by atoms with Crippen LogP contribution in [0.1, 0.15) is 24.0 Å². The van der Waals surface area contributed by atoms with Gasteiger partial charge in [0.15, 0.2) is 0 Å². The van der Waals surface area contributed by atoms with Gasteiger partial charge in [0.25, 0.3) is 0 Å². The van der Waals surface area contributed by atoms with Gasteiger partial charge in [-0.1, -0.05) is 23.7 Å². The molecule has 0 bridgehead atoms. The minimum atomic E-state index is 0.716. The van der Waals surface area contributed by atoms with Crippen LogP contribution >= 0.6 is 34.2 Å². The second kappa shape index (κ2) is 6.52. The standard InChI is InChI=1S/C14H15ClIN3/c1-3-17-14-13(16)9(2)18-12(19-14)8-10-4-6-11(15)7-5-10/h4-7H,3,8H2,1-2H3,(H,17,18,19). The molecule has 19 heavy (non-hydrogen) atoms. The van der Waals surface area contributed by atoms with E-state index in [1.807, 2.05) is 31.2 Å². The molecule has 0 aliphatic carbocycles. The topological polar surface area (TPSA) is 37.8 Å². The number of halogens is 2. The highest BCUT2D eigenvalue weighted by atomic mass is 127. The fourth-order valence-electron chi connectivity index (χ4n) is 1.77. The summed E-state index contributed by atoms with van der Waals surface area (Å²) in [6.45, 7) is 4.93. The van der Waals surface area contributed by atoms with Crippen molar-refractivity contribution in [1.29, 1.82) is 0 Å². The van der Waals surface area contributed by atoms with E-state index in [9.17, 15) is 0 Å². The molecule has 0 radical (unpaired) electrons. The van der Waals surface area contributed by atoms with E-state index in [-0.39, 0.29) is 0 Å². The molecule has 0 atom stereocenters. The zero-order chi connectivity index (χ0) is 13.8. The Labute approximate surface area is 132 Å². The maximum absolute atomic E-state index is 5.88. The van der Waals surface area contributed by atoms with E-state index < -0.39 is 0 Å². The van der Waals surface area contributed by atoms with Crippen LogP contribution in [-0.4, -0.2) is 16.5 Å². The number of nitrogens with zero attached hydrogens (tertiary/aromatic N) is 2. The number of hydrogen-bond acceptors (Lipinski definition) is 3. The van der Waals surface area contributed by atoms with Crippen molar-refractivity contribution in [3.63, 3.8) is 0 Å². The van der Waals surface area contributed by atoms with E-state index in [2.05, 4.69) is 44.8 Å². The van der Waals surface area contributed by atoms with E-state index in [0.717, 1.165) is 38.0 Å². The van der Waals surface area contributed by atoms with Crippen molar-refractivity contribution >= 4 is 40.0 Å². The average molecular weight is 388 g/mol. The molecule has 1 heterocycles. The normalized spacial score (nSPS) is 10.5. The van der Waals surface area contributed by atoms with Crippen molar-refractivity contribution in [2.75, 3.05) is 11.9 Å². The fourth-order valence-corrected chi connectivity index (χ4v) is 2.32. The predicted octanol–water partition coefficient (Wildman–Crippen LogP) is 4.07. The lowest BCUT2D eigenvalue weighted by atomic mass is 10.1. The van der Waals surface area contributed by atoms with Crippen LogP contribution in [0.3, 0.4) is 0 Å². The summed E-state index contributed by atoms with van der Waals surface area (Å²) in [7, 11) is 0. The molecular formula is C14H15ClIN3. The molecule has 1 N–H and O–H groups in total. The summed E-state index contributed by atoms with van der Waals surface area (Å²) in [5.41, 5.74) is 2.17. The molecule has 5 heteroatoms. The number of rotatable bonds is 4. The van der Waals surface area contributed by atoms with Gasteiger partial charge in [0.1, 0.15) is 11.6 Å². The van der Waals surface area contributed by atoms with Crippen LogP contribution in [0.15, 0.2) is 24.3 Å². The molecule has 0 saturated carbocycles. The van der Waals surface area contributed by atoms with Crippen LogP contribution in [0.4, 0.5) is 5.82 Å². The number of benzene rings is 1. The Bertz CT molecular complexity index is 570. The largest absolute Gasteiger partial charge is 0.369 e. The number of anilines is 1. The van der Waals surface area contributed by atoms with Crippen LogP contribution in [0, 0.1) is 10.5 Å². The summed E-state index contributed by atoms with van der Waals surface area (Å²) in [5.74, 6) is 1.75. The van der Waals surface area contributed by atoms with Crippen molar-refractivity contribution in [3.05, 3.63) is 49.9 Å². The van der Waals surface area contributed by atoms with E-state index in [1.165, 1.54) is 0 Å². The van der Waals surface area contributed by atoms with E-state index in [0.29, 0.717) is 6.42 Å². The Kier molecular flexibility index (Phi) is 4.99. The van der Waals surface area contributed by atoms with E-state index in [4.69, 9.17) is 11.6 Å². The van der Waals surface area contributed by atoms with Gasteiger partial charge in [0.2, 0.25) is 0 Å². The molecule has 0 unspecified atom stereocenters. The highest BCUT2D eigenvalue weighted by Gasteiger charge is 2.09. The minimum Gasteiger partial charge on any atom is -0.369 e. The average Bonchev–Trinajstić information content (AvgIpc) is 2.38. The Balaban J connectivity index is 2.27. The molecule has 1 aromatic heterocycles. The summed E-state index contributed by atoms with van der Waals surface area (Å²) in [6, 6.07) is 7.79. The predicted molar refractivity (Wildman–Crippen MR) is 87.9 cm³/mol. The number of nitrogens with one attached hydrogen (secondary N) is 1. The van der Waals surface area contributed by atoms with Gasteiger partial charge in [-0.05, 0) is 54.1 Å². The van der Waals surface area contributed by atoms with Gasteiger partial charge in [-0.15, -0.1) is 0 Å². The molecule has 0 aliphatic rings. The smallest absolute Gasteiger partial charge is 0.143 e. The lowest BCUT2D eigenvalue weighted by molar-refractivity contribution is 0.929. The van der Waals surface area contributed by atoms with Gasteiger partial charge < -0.3 is 5.32 Å². The van der Waals surface area contributed by atoms with Gasteiger partial charge in [-0.25, -0.2) is 9.97 Å². The molecule has 3 nitrogen and oxygen atoms in total. The highest BCUT2D eigenvalue weighted by molar-refractivity contribution is 14.1. The number of hydrogen-bond donors (Lipinski definition) is 1. The van der Waals surface area contributed by atoms with Gasteiger partial charge in [-0.2, -0.15) is 0 Å². The fraction of sp³-hybridized carbons (Fsp3) is 0.286. The van der Waals surface area contributed by atoms with Crippen molar-refractivity contribution < 1.29 is 0 Å². The molecule has 0 fully saturated rings. The van der Waals surface area contributed by atoms with Crippen molar-refractivity contribution in [1.82, 2.24) is 9.97 Å². The Morgan fingerprint density at radius 1 is 1.21 bits per heavy atom. The third kappa shape index (κ3) is 3.79. The van der Waals surface area contributed by atoms with Crippen molar-refractivity contribution in [3.8, 4) is 0 Å². The van der Waals surface area contributed by atoms with Crippen molar-refractivity contribution in [2.45, 2.75) is 20.3 Å². The second-order valence-electron chi connectivity index (χ2n) is 4.22. The van der Waals surface area contributed by atoms with Crippen LogP contribution in [0.2, 0.25) is 5.02 Å². The van der Waals surface area contributed by atoms with E-state index in [1.54, 1.807) is 0 Å². The summed E-state index contributed by atoms with van der Waals surface area (Å²) in [6.07, 6.45) is 0.716. The van der Waals surface area contributed by atoms with Crippen LogP contribution in [0.25, 0.3) is 0 Å². The third-order valence-electron chi connectivity index (χ3n) is 2.68. The molecule has 0 amide bonds. The molecule has 2 rings (SSSR count). The first-order valence-corrected chi connectivity index (χ1v) is 7.57. The molecule has 100 valence electrons. The molecule has 0 spiro atoms. The lowest BCUT2D eigenvalue weighted by Crippen LogP contribution is -2.08. The second-order valence-corrected chi connectivity index (χ2v) is 5.74. The van der Waals surface area contributed by atoms with Gasteiger partial charge in [0.05, 0.1) is 9.26 Å². The highest BCUT2D eigenvalue weighted by Crippen LogP contribution is 2.20. The maximum atomic E-state index is 5.88. The zero-order valence-electron chi connectivity index (χ0n) is 10.9. The van der Waals surface area contributed by atoms with Gasteiger partial charge in [-0.3, -0.25) is 0 Å². The summed E-state index contributed by atoms with van der Waals surface area (Å²) in [4.78, 5) is 9.12. The first-order chi connectivity index (χ1) is 9.10. The summed E-state index contributed by atoms with van der Waals surface area (Å²) < 4.78 is 1.08. The first-order valence-electron chi connectivity index (χ1n) is 6.11. The van der Waals surface area contributed by atoms with Gasteiger partial charge >= 0.3 is 0 Å². The SMILES string of the molecule is CCNc1nc(Cc2ccc(Cl)cc2)nc(C)c1I. The quantitative estimate of drug-likeness (QED) is 0.804. The summed E-state index contributed by atoms with van der Waals surface area (Å²) in [5, 5.41) is 4.02. The van der Waals surface area contributed by atoms with Crippen LogP contribution < -0.4 is 5.32 Å². The Morgan fingerprint density at radius 2 is 1.89 bits per heavy atom. The lowest BCUT2D eigenvalue weighted by Gasteiger charge is -2.10. The Hall–Kier alpha value is -0.880. The minimum absolute atomic E-state index is 0.716. The molecule has 0 aliphatic heterocycles. The van der Waals surface area contributed by atoms with Gasteiger partial charge in [0, 0.05) is 18.0 Å². The van der Waals surface area contributed by atoms with Crippen molar-refractivity contribution in [2.24, 2.45) is 0 Å². The third-order valence-corrected chi connectivity index (χ3v) is 4.23. The first kappa shape index (κ1) is 14.5.